The number of nitrogens with one attached hydrogen (secondary N) is 1. The van der Waals surface area contributed by atoms with E-state index in [1.165, 1.54) is 0 Å². The predicted octanol–water partition coefficient (Wildman–Crippen LogP) is 3.75. The molecular weight excluding hydrogens is 245 g/mol. The molecule has 1 heterocycles. The molecular formula is C15H14FNO2. The van der Waals surface area contributed by atoms with Gasteiger partial charge in [-0.25, -0.2) is 0 Å². The summed E-state index contributed by atoms with van der Waals surface area (Å²) in [4.78, 5) is 0. The van der Waals surface area contributed by atoms with Crippen molar-refractivity contribution in [2.75, 3.05) is 6.61 Å². The van der Waals surface area contributed by atoms with Gasteiger partial charge in [-0.15, -0.1) is 10.0 Å². The zero-order valence-corrected chi connectivity index (χ0v) is 10.5. The fourth-order valence-corrected chi connectivity index (χ4v) is 2.31. The maximum Gasteiger partial charge on any atom is 0.136 e. The molecule has 1 atom stereocenters. The van der Waals surface area contributed by atoms with E-state index in [0.29, 0.717) is 18.1 Å². The van der Waals surface area contributed by atoms with Crippen LogP contribution in [-0.4, -0.2) is 6.61 Å². The van der Waals surface area contributed by atoms with Gasteiger partial charge in [0.15, 0.2) is 0 Å². The molecule has 0 aromatic heterocycles. The molecule has 1 unspecified atom stereocenters. The average Bonchev–Trinajstić information content (AvgIpc) is 2.45. The van der Waals surface area contributed by atoms with E-state index in [0.717, 1.165) is 16.9 Å². The zero-order chi connectivity index (χ0) is 13.2. The Morgan fingerprint density at radius 2 is 1.95 bits per heavy atom. The number of ether oxygens (including phenoxy) is 2. The summed E-state index contributed by atoms with van der Waals surface area (Å²) in [6, 6.07) is 12.4. The van der Waals surface area contributed by atoms with Crippen LogP contribution in [0.1, 0.15) is 24.1 Å². The lowest BCUT2D eigenvalue weighted by Gasteiger charge is -2.26. The molecule has 19 heavy (non-hydrogen) atoms. The standard InChI is InChI=1S/C15H14FNO2/c1-2-18-10-7-8-12-14(9-10)19-13-6-4-3-5-11(13)15(12)17-16/h3-9,15,17H,2H2,1H3. The van der Waals surface area contributed by atoms with Gasteiger partial charge in [0, 0.05) is 17.2 Å². The summed E-state index contributed by atoms with van der Waals surface area (Å²) in [6.07, 6.45) is 0. The molecule has 2 aromatic rings. The van der Waals surface area contributed by atoms with Crippen molar-refractivity contribution < 1.29 is 14.0 Å². The van der Waals surface area contributed by atoms with Crippen LogP contribution in [0.15, 0.2) is 42.5 Å². The Hall–Kier alpha value is -2.07. The van der Waals surface area contributed by atoms with Gasteiger partial charge in [-0.1, -0.05) is 18.2 Å². The molecule has 0 saturated heterocycles. The fraction of sp³-hybridized carbons (Fsp3) is 0.200. The average molecular weight is 259 g/mol. The predicted molar refractivity (Wildman–Crippen MR) is 70.2 cm³/mol. The molecule has 3 rings (SSSR count). The molecule has 0 amide bonds. The molecule has 1 aliphatic heterocycles. The summed E-state index contributed by atoms with van der Waals surface area (Å²) < 4.78 is 24.4. The Morgan fingerprint density at radius 1 is 1.16 bits per heavy atom. The molecule has 3 nitrogen and oxygen atoms in total. The van der Waals surface area contributed by atoms with E-state index < -0.39 is 6.04 Å². The smallest absolute Gasteiger partial charge is 0.136 e. The third-order valence-electron chi connectivity index (χ3n) is 3.17. The second-order valence-corrected chi connectivity index (χ2v) is 4.31. The Bertz CT molecular complexity index is 600. The monoisotopic (exact) mass is 259 g/mol. The number of benzene rings is 2. The maximum absolute atomic E-state index is 13.1. The van der Waals surface area contributed by atoms with E-state index >= 15 is 0 Å². The Labute approximate surface area is 110 Å². The van der Waals surface area contributed by atoms with Gasteiger partial charge in [-0.2, -0.15) is 0 Å². The molecule has 4 heteroatoms. The van der Waals surface area contributed by atoms with Crippen molar-refractivity contribution in [3.8, 4) is 17.2 Å². The lowest BCUT2D eigenvalue weighted by molar-refractivity contribution is 0.280. The van der Waals surface area contributed by atoms with Gasteiger partial charge in [0.05, 0.1) is 12.6 Å². The third-order valence-corrected chi connectivity index (χ3v) is 3.17. The minimum absolute atomic E-state index is 0.504. The third kappa shape index (κ3) is 2.04. The van der Waals surface area contributed by atoms with Crippen molar-refractivity contribution in [3.63, 3.8) is 0 Å². The van der Waals surface area contributed by atoms with Crippen LogP contribution >= 0.6 is 0 Å². The summed E-state index contributed by atoms with van der Waals surface area (Å²) in [5, 5.41) is 0. The fourth-order valence-electron chi connectivity index (χ4n) is 2.31. The van der Waals surface area contributed by atoms with E-state index in [-0.39, 0.29) is 0 Å². The van der Waals surface area contributed by atoms with Crippen LogP contribution in [-0.2, 0) is 0 Å². The Balaban J connectivity index is 2.07. The highest BCUT2D eigenvalue weighted by molar-refractivity contribution is 5.54. The van der Waals surface area contributed by atoms with E-state index in [1.54, 1.807) is 6.07 Å². The first-order valence-electron chi connectivity index (χ1n) is 6.23. The quantitative estimate of drug-likeness (QED) is 0.851. The summed E-state index contributed by atoms with van der Waals surface area (Å²) in [5.41, 5.74) is 3.41. The van der Waals surface area contributed by atoms with Crippen LogP contribution < -0.4 is 15.0 Å². The molecule has 2 aromatic carbocycles. The minimum Gasteiger partial charge on any atom is -0.494 e. The number of halogens is 1. The van der Waals surface area contributed by atoms with Crippen molar-refractivity contribution in [2.24, 2.45) is 0 Å². The van der Waals surface area contributed by atoms with Gasteiger partial charge in [0.25, 0.3) is 0 Å². The summed E-state index contributed by atoms with van der Waals surface area (Å²) in [5.74, 6) is 2.01. The molecule has 0 bridgehead atoms. The van der Waals surface area contributed by atoms with Crippen molar-refractivity contribution in [1.29, 1.82) is 0 Å². The summed E-state index contributed by atoms with van der Waals surface area (Å²) in [7, 11) is 0. The number of fused-ring (bicyclic) bond motifs is 2. The van der Waals surface area contributed by atoms with Crippen molar-refractivity contribution >= 4 is 0 Å². The van der Waals surface area contributed by atoms with Crippen LogP contribution in [0.5, 0.6) is 17.2 Å². The largest absolute Gasteiger partial charge is 0.494 e. The molecule has 98 valence electrons. The first kappa shape index (κ1) is 12.0. The van der Waals surface area contributed by atoms with Crippen molar-refractivity contribution in [1.82, 2.24) is 5.54 Å². The molecule has 0 fully saturated rings. The first-order valence-corrected chi connectivity index (χ1v) is 6.23. The summed E-state index contributed by atoms with van der Waals surface area (Å²) >= 11 is 0. The normalized spacial score (nSPS) is 16.2. The van der Waals surface area contributed by atoms with Crippen LogP contribution in [0, 0.1) is 0 Å². The van der Waals surface area contributed by atoms with Gasteiger partial charge in [0.1, 0.15) is 17.2 Å². The number of hydrogen-bond acceptors (Lipinski definition) is 3. The van der Waals surface area contributed by atoms with Crippen molar-refractivity contribution in [3.05, 3.63) is 53.6 Å². The minimum atomic E-state index is -0.504. The second-order valence-electron chi connectivity index (χ2n) is 4.31. The number of para-hydroxylation sites is 1. The van der Waals surface area contributed by atoms with Crippen LogP contribution in [0.3, 0.4) is 0 Å². The molecule has 1 aliphatic rings. The lowest BCUT2D eigenvalue weighted by atomic mass is 9.95. The van der Waals surface area contributed by atoms with Crippen molar-refractivity contribution in [2.45, 2.75) is 13.0 Å². The van der Waals surface area contributed by atoms with E-state index in [1.807, 2.05) is 48.9 Å². The van der Waals surface area contributed by atoms with Crippen LogP contribution in [0.2, 0.25) is 0 Å². The summed E-state index contributed by atoms with van der Waals surface area (Å²) in [6.45, 7) is 2.50. The molecule has 0 saturated carbocycles. The van der Waals surface area contributed by atoms with Gasteiger partial charge < -0.3 is 9.47 Å². The van der Waals surface area contributed by atoms with E-state index in [2.05, 4.69) is 0 Å². The van der Waals surface area contributed by atoms with E-state index in [9.17, 15) is 4.48 Å². The molecule has 0 spiro atoms. The molecule has 1 N–H and O–H groups in total. The Morgan fingerprint density at radius 3 is 2.74 bits per heavy atom. The van der Waals surface area contributed by atoms with Gasteiger partial charge in [0.2, 0.25) is 0 Å². The van der Waals surface area contributed by atoms with Crippen LogP contribution in [0.25, 0.3) is 0 Å². The Kier molecular flexibility index (Phi) is 3.09. The highest BCUT2D eigenvalue weighted by Gasteiger charge is 2.27. The topological polar surface area (TPSA) is 30.5 Å². The second kappa shape index (κ2) is 4.90. The SMILES string of the molecule is CCOc1ccc2c(c1)Oc1ccccc1C2NF. The van der Waals surface area contributed by atoms with E-state index in [4.69, 9.17) is 9.47 Å². The zero-order valence-electron chi connectivity index (χ0n) is 10.5. The van der Waals surface area contributed by atoms with Gasteiger partial charge >= 0.3 is 0 Å². The van der Waals surface area contributed by atoms with Crippen LogP contribution in [0.4, 0.5) is 4.48 Å². The first-order chi connectivity index (χ1) is 9.33. The maximum atomic E-state index is 13.1. The molecule has 0 aliphatic carbocycles. The highest BCUT2D eigenvalue weighted by Crippen LogP contribution is 2.43. The highest BCUT2D eigenvalue weighted by atomic mass is 19.2. The number of hydrogen-bond donors (Lipinski definition) is 1. The molecule has 0 radical (unpaired) electrons. The van der Waals surface area contributed by atoms with Gasteiger partial charge in [-0.05, 0) is 25.1 Å². The van der Waals surface area contributed by atoms with Gasteiger partial charge in [-0.3, -0.25) is 0 Å². The number of rotatable bonds is 3. The lowest BCUT2D eigenvalue weighted by Crippen LogP contribution is -2.19.